The molecule has 0 aliphatic heterocycles. The molecule has 1 unspecified atom stereocenters. The van der Waals surface area contributed by atoms with E-state index in [0.29, 0.717) is 6.42 Å². The summed E-state index contributed by atoms with van der Waals surface area (Å²) >= 11 is 0. The van der Waals surface area contributed by atoms with Gasteiger partial charge in [-0.2, -0.15) is 0 Å². The van der Waals surface area contributed by atoms with Crippen molar-refractivity contribution in [1.82, 2.24) is 4.90 Å². The van der Waals surface area contributed by atoms with E-state index in [0.717, 1.165) is 24.2 Å². The van der Waals surface area contributed by atoms with Crippen LogP contribution in [0.4, 0.5) is 5.69 Å². The van der Waals surface area contributed by atoms with Crippen LogP contribution in [0.15, 0.2) is 24.3 Å². The number of nitrogens with zero attached hydrogens (tertiary/aromatic N) is 1. The van der Waals surface area contributed by atoms with Crippen LogP contribution in [0.1, 0.15) is 32.3 Å². The Morgan fingerprint density at radius 2 is 1.95 bits per heavy atom. The molecule has 21 heavy (non-hydrogen) atoms. The van der Waals surface area contributed by atoms with Gasteiger partial charge >= 0.3 is 0 Å². The van der Waals surface area contributed by atoms with E-state index < -0.39 is 5.54 Å². The van der Waals surface area contributed by atoms with E-state index in [1.54, 1.807) is 6.92 Å². The summed E-state index contributed by atoms with van der Waals surface area (Å²) in [6.45, 7) is 4.64. The summed E-state index contributed by atoms with van der Waals surface area (Å²) < 4.78 is 0. The highest BCUT2D eigenvalue weighted by atomic mass is 35.5. The highest BCUT2D eigenvalue weighted by Crippen LogP contribution is 2.16. The molecule has 0 spiro atoms. The van der Waals surface area contributed by atoms with Crippen molar-refractivity contribution in [2.75, 3.05) is 19.4 Å². The molecule has 1 amide bonds. The van der Waals surface area contributed by atoms with Gasteiger partial charge < -0.3 is 16.0 Å². The van der Waals surface area contributed by atoms with Crippen LogP contribution >= 0.6 is 24.8 Å². The molecule has 1 aromatic carbocycles. The lowest BCUT2D eigenvalue weighted by molar-refractivity contribution is -0.120. The first-order chi connectivity index (χ1) is 8.85. The average Bonchev–Trinajstić information content (AvgIpc) is 2.28. The largest absolute Gasteiger partial charge is 0.324 e. The molecule has 0 saturated carbocycles. The molecule has 0 radical (unpaired) electrons. The van der Waals surface area contributed by atoms with Crippen LogP contribution in [0.25, 0.3) is 0 Å². The molecule has 0 saturated heterocycles. The fraction of sp³-hybridized carbons (Fsp3) is 0.533. The lowest BCUT2D eigenvalue weighted by Gasteiger charge is -2.23. The van der Waals surface area contributed by atoms with E-state index >= 15 is 0 Å². The van der Waals surface area contributed by atoms with Gasteiger partial charge in [-0.15, -0.1) is 24.8 Å². The second-order valence-electron chi connectivity index (χ2n) is 5.56. The normalized spacial score (nSPS) is 12.9. The molecular formula is C15H27Cl2N3O. The number of benzene rings is 1. The summed E-state index contributed by atoms with van der Waals surface area (Å²) in [7, 11) is 4.03. The number of carbonyl (C=O) groups is 1. The lowest BCUT2D eigenvalue weighted by atomic mass is 9.96. The van der Waals surface area contributed by atoms with Crippen molar-refractivity contribution in [3.8, 4) is 0 Å². The molecule has 0 aromatic heterocycles. The van der Waals surface area contributed by atoms with Crippen LogP contribution in [-0.2, 0) is 11.3 Å². The highest BCUT2D eigenvalue weighted by Gasteiger charge is 2.27. The Morgan fingerprint density at radius 3 is 2.48 bits per heavy atom. The molecule has 0 aliphatic rings. The Hall–Kier alpha value is -0.810. The quantitative estimate of drug-likeness (QED) is 0.839. The summed E-state index contributed by atoms with van der Waals surface area (Å²) in [5.41, 5.74) is 7.17. The molecule has 6 heteroatoms. The summed E-state index contributed by atoms with van der Waals surface area (Å²) in [6.07, 6.45) is 1.57. The maximum atomic E-state index is 12.1. The fourth-order valence-electron chi connectivity index (χ4n) is 2.02. The van der Waals surface area contributed by atoms with Crippen LogP contribution in [-0.4, -0.2) is 30.4 Å². The van der Waals surface area contributed by atoms with Gasteiger partial charge in [-0.3, -0.25) is 4.79 Å². The lowest BCUT2D eigenvalue weighted by Crippen LogP contribution is -2.48. The van der Waals surface area contributed by atoms with Gasteiger partial charge in [0.05, 0.1) is 5.54 Å². The molecule has 0 fully saturated rings. The molecular weight excluding hydrogens is 309 g/mol. The summed E-state index contributed by atoms with van der Waals surface area (Å²) in [5, 5.41) is 2.90. The monoisotopic (exact) mass is 335 g/mol. The van der Waals surface area contributed by atoms with E-state index in [1.165, 1.54) is 0 Å². The van der Waals surface area contributed by atoms with Gasteiger partial charge in [0.25, 0.3) is 0 Å². The Morgan fingerprint density at radius 1 is 1.33 bits per heavy atom. The van der Waals surface area contributed by atoms with Gasteiger partial charge in [-0.25, -0.2) is 0 Å². The number of hydrogen-bond donors (Lipinski definition) is 2. The summed E-state index contributed by atoms with van der Waals surface area (Å²) in [5.74, 6) is -0.128. The van der Waals surface area contributed by atoms with Crippen molar-refractivity contribution in [1.29, 1.82) is 0 Å². The highest BCUT2D eigenvalue weighted by molar-refractivity contribution is 5.97. The Labute approximate surface area is 140 Å². The molecule has 0 aliphatic carbocycles. The fourth-order valence-corrected chi connectivity index (χ4v) is 2.02. The minimum atomic E-state index is -0.813. The van der Waals surface area contributed by atoms with Crippen LogP contribution in [0.3, 0.4) is 0 Å². The molecule has 1 aromatic rings. The Balaban J connectivity index is 0. The van der Waals surface area contributed by atoms with E-state index in [2.05, 4.69) is 10.2 Å². The molecule has 4 nitrogen and oxygen atoms in total. The first kappa shape index (κ1) is 22.5. The number of nitrogens with two attached hydrogens (primary N) is 1. The predicted octanol–water partition coefficient (Wildman–Crippen LogP) is 3.05. The Kier molecular flexibility index (Phi) is 10.7. The van der Waals surface area contributed by atoms with Crippen LogP contribution in [0, 0.1) is 0 Å². The third-order valence-corrected chi connectivity index (χ3v) is 2.97. The minimum absolute atomic E-state index is 0. The van der Waals surface area contributed by atoms with E-state index in [9.17, 15) is 4.79 Å². The van der Waals surface area contributed by atoms with Crippen LogP contribution in [0.5, 0.6) is 0 Å². The van der Waals surface area contributed by atoms with Gasteiger partial charge in [0, 0.05) is 12.2 Å². The van der Waals surface area contributed by atoms with Gasteiger partial charge in [-0.1, -0.05) is 25.5 Å². The predicted molar refractivity (Wildman–Crippen MR) is 94.5 cm³/mol. The first-order valence-corrected chi connectivity index (χ1v) is 6.69. The minimum Gasteiger partial charge on any atom is -0.324 e. The zero-order chi connectivity index (χ0) is 14.5. The number of carbonyl (C=O) groups excluding carboxylic acids is 1. The number of amides is 1. The second-order valence-corrected chi connectivity index (χ2v) is 5.56. The molecule has 1 rings (SSSR count). The number of hydrogen-bond acceptors (Lipinski definition) is 3. The number of halogens is 2. The third-order valence-electron chi connectivity index (χ3n) is 2.97. The number of rotatable bonds is 6. The van der Waals surface area contributed by atoms with E-state index in [-0.39, 0.29) is 30.7 Å². The molecule has 3 N–H and O–H groups in total. The van der Waals surface area contributed by atoms with Crippen LogP contribution < -0.4 is 11.1 Å². The van der Waals surface area contributed by atoms with E-state index in [4.69, 9.17) is 5.73 Å². The van der Waals surface area contributed by atoms with Gasteiger partial charge in [0.2, 0.25) is 5.91 Å². The standard InChI is InChI=1S/C15H25N3O.2ClH/c1-5-9-15(2,16)14(19)17-13-8-6-7-12(10-13)11-18(3)4;;/h6-8,10H,5,9,11,16H2,1-4H3,(H,17,19);2*1H. The maximum absolute atomic E-state index is 12.1. The van der Waals surface area contributed by atoms with Crippen molar-refractivity contribution < 1.29 is 4.79 Å². The maximum Gasteiger partial charge on any atom is 0.244 e. The van der Waals surface area contributed by atoms with Crippen molar-refractivity contribution in [2.45, 2.75) is 38.8 Å². The number of anilines is 1. The van der Waals surface area contributed by atoms with Crippen molar-refractivity contribution in [3.05, 3.63) is 29.8 Å². The summed E-state index contributed by atoms with van der Waals surface area (Å²) in [4.78, 5) is 14.2. The third kappa shape index (κ3) is 7.67. The topological polar surface area (TPSA) is 58.4 Å². The van der Waals surface area contributed by atoms with E-state index in [1.807, 2.05) is 45.3 Å². The zero-order valence-electron chi connectivity index (χ0n) is 13.2. The molecule has 0 bridgehead atoms. The van der Waals surface area contributed by atoms with Crippen LogP contribution in [0.2, 0.25) is 0 Å². The molecule has 122 valence electrons. The van der Waals surface area contributed by atoms with Gasteiger partial charge in [0.15, 0.2) is 0 Å². The van der Waals surface area contributed by atoms with Crippen molar-refractivity contribution in [2.24, 2.45) is 5.73 Å². The van der Waals surface area contributed by atoms with Crippen molar-refractivity contribution in [3.63, 3.8) is 0 Å². The molecule has 0 heterocycles. The summed E-state index contributed by atoms with van der Waals surface area (Å²) in [6, 6.07) is 7.87. The van der Waals surface area contributed by atoms with Crippen molar-refractivity contribution >= 4 is 36.4 Å². The SMILES string of the molecule is CCCC(C)(N)C(=O)Nc1cccc(CN(C)C)c1.Cl.Cl. The average molecular weight is 336 g/mol. The van der Waals surface area contributed by atoms with Gasteiger partial charge in [-0.05, 0) is 45.1 Å². The first-order valence-electron chi connectivity index (χ1n) is 6.69. The second kappa shape index (κ2) is 10.0. The zero-order valence-corrected chi connectivity index (χ0v) is 14.8. The number of nitrogens with one attached hydrogen (secondary N) is 1. The van der Waals surface area contributed by atoms with Gasteiger partial charge in [0.1, 0.15) is 0 Å². The smallest absolute Gasteiger partial charge is 0.244 e. The Bertz CT molecular complexity index is 437. The molecule has 1 atom stereocenters.